The number of benzene rings is 1. The molecule has 0 saturated carbocycles. The van der Waals surface area contributed by atoms with E-state index in [9.17, 15) is 14.4 Å². The predicted octanol–water partition coefficient (Wildman–Crippen LogP) is 1.95. The van der Waals surface area contributed by atoms with E-state index in [2.05, 4.69) is 5.10 Å². The smallest absolute Gasteiger partial charge is 0.303 e. The van der Waals surface area contributed by atoms with E-state index in [0.717, 1.165) is 12.8 Å². The molecule has 1 N–H and O–H groups in total. The fourth-order valence-electron chi connectivity index (χ4n) is 3.25. The first kappa shape index (κ1) is 17.8. The van der Waals surface area contributed by atoms with E-state index >= 15 is 0 Å². The Morgan fingerprint density at radius 1 is 1.15 bits per heavy atom. The number of carboxylic acids is 1. The molecule has 1 unspecified atom stereocenters. The van der Waals surface area contributed by atoms with Crippen LogP contribution in [0.15, 0.2) is 47.3 Å². The number of carbonyl (C=O) groups excluding carboxylic acids is 1. The first-order chi connectivity index (χ1) is 12.5. The molecule has 1 atom stereocenters. The molecule has 1 aliphatic heterocycles. The molecule has 1 amide bonds. The summed E-state index contributed by atoms with van der Waals surface area (Å²) in [6, 6.07) is 11.8. The van der Waals surface area contributed by atoms with Gasteiger partial charge in [0.25, 0.3) is 11.5 Å². The Balaban J connectivity index is 1.77. The van der Waals surface area contributed by atoms with Crippen molar-refractivity contribution in [1.82, 2.24) is 14.7 Å². The minimum Gasteiger partial charge on any atom is -0.481 e. The summed E-state index contributed by atoms with van der Waals surface area (Å²) in [6.45, 7) is 1.15. The third-order valence-electron chi connectivity index (χ3n) is 4.59. The molecule has 2 aromatic rings. The summed E-state index contributed by atoms with van der Waals surface area (Å²) in [6.07, 6.45) is 2.45. The molecule has 1 aliphatic rings. The van der Waals surface area contributed by atoms with Crippen molar-refractivity contribution in [2.75, 3.05) is 13.1 Å². The molecule has 2 heterocycles. The Bertz CT molecular complexity index is 847. The third-order valence-corrected chi connectivity index (χ3v) is 4.59. The van der Waals surface area contributed by atoms with E-state index in [-0.39, 0.29) is 29.5 Å². The number of para-hydroxylation sites is 1. The van der Waals surface area contributed by atoms with E-state index in [1.807, 2.05) is 6.07 Å². The molecule has 26 heavy (non-hydrogen) atoms. The van der Waals surface area contributed by atoms with Gasteiger partial charge < -0.3 is 10.0 Å². The molecule has 7 heteroatoms. The van der Waals surface area contributed by atoms with Gasteiger partial charge in [-0.15, -0.1) is 0 Å². The van der Waals surface area contributed by atoms with Gasteiger partial charge in [0.05, 0.1) is 5.69 Å². The van der Waals surface area contributed by atoms with Crippen molar-refractivity contribution in [3.63, 3.8) is 0 Å². The van der Waals surface area contributed by atoms with Gasteiger partial charge in [0.2, 0.25) is 0 Å². The topological polar surface area (TPSA) is 92.5 Å². The highest BCUT2D eigenvalue weighted by Gasteiger charge is 2.26. The largest absolute Gasteiger partial charge is 0.481 e. The van der Waals surface area contributed by atoms with E-state index in [4.69, 9.17) is 5.11 Å². The summed E-state index contributed by atoms with van der Waals surface area (Å²) in [4.78, 5) is 37.4. The lowest BCUT2D eigenvalue weighted by atomic mass is 9.93. The van der Waals surface area contributed by atoms with Gasteiger partial charge in [-0.1, -0.05) is 18.2 Å². The Labute approximate surface area is 150 Å². The summed E-state index contributed by atoms with van der Waals surface area (Å²) in [5, 5.41) is 13.1. The number of piperidine rings is 1. The molecular weight excluding hydrogens is 334 g/mol. The van der Waals surface area contributed by atoms with Crippen LogP contribution < -0.4 is 5.56 Å². The highest BCUT2D eigenvalue weighted by atomic mass is 16.4. The third kappa shape index (κ3) is 4.17. The molecule has 1 aromatic heterocycles. The number of carbonyl (C=O) groups is 2. The maximum Gasteiger partial charge on any atom is 0.303 e. The van der Waals surface area contributed by atoms with Crippen LogP contribution in [0.4, 0.5) is 0 Å². The number of aliphatic carboxylic acids is 1. The first-order valence-electron chi connectivity index (χ1n) is 8.71. The molecular formula is C19H21N3O4. The highest BCUT2D eigenvalue weighted by Crippen LogP contribution is 2.22. The first-order valence-corrected chi connectivity index (χ1v) is 8.71. The van der Waals surface area contributed by atoms with Gasteiger partial charge in [-0.05, 0) is 43.4 Å². The maximum absolute atomic E-state index is 12.8. The number of aromatic nitrogens is 2. The Morgan fingerprint density at radius 3 is 2.65 bits per heavy atom. The van der Waals surface area contributed by atoms with Crippen molar-refractivity contribution in [2.45, 2.75) is 25.7 Å². The zero-order chi connectivity index (χ0) is 18.5. The van der Waals surface area contributed by atoms with Gasteiger partial charge >= 0.3 is 5.97 Å². The van der Waals surface area contributed by atoms with E-state index in [1.54, 1.807) is 29.2 Å². The minimum absolute atomic E-state index is 0.115. The van der Waals surface area contributed by atoms with Gasteiger partial charge in [0.15, 0.2) is 0 Å². The van der Waals surface area contributed by atoms with Crippen LogP contribution in [0.5, 0.6) is 0 Å². The summed E-state index contributed by atoms with van der Waals surface area (Å²) in [5.41, 5.74) is 0.517. The number of hydrogen-bond acceptors (Lipinski definition) is 4. The fourth-order valence-corrected chi connectivity index (χ4v) is 3.25. The predicted molar refractivity (Wildman–Crippen MR) is 95.3 cm³/mol. The average Bonchev–Trinajstić information content (AvgIpc) is 2.67. The number of hydrogen-bond donors (Lipinski definition) is 1. The minimum atomic E-state index is -0.815. The van der Waals surface area contributed by atoms with Crippen LogP contribution in [0.1, 0.15) is 36.2 Å². The molecule has 1 saturated heterocycles. The van der Waals surface area contributed by atoms with E-state index < -0.39 is 5.97 Å². The molecule has 1 aromatic carbocycles. The summed E-state index contributed by atoms with van der Waals surface area (Å²) in [5.74, 6) is -0.858. The Kier molecular flexibility index (Phi) is 5.46. The second-order valence-corrected chi connectivity index (χ2v) is 6.50. The van der Waals surface area contributed by atoms with Gasteiger partial charge in [-0.3, -0.25) is 14.4 Å². The number of amides is 1. The summed E-state index contributed by atoms with van der Waals surface area (Å²) >= 11 is 0. The van der Waals surface area contributed by atoms with Crippen molar-refractivity contribution in [2.24, 2.45) is 5.92 Å². The lowest BCUT2D eigenvalue weighted by Gasteiger charge is -2.32. The SMILES string of the molecule is O=C(O)CCC1CCCN(C(=O)c2ccc(=O)n(-c3ccccc3)n2)C1. The standard InChI is InChI=1S/C19H21N3O4/c23-17-10-9-16(20-22(17)15-6-2-1-3-7-15)19(26)21-12-4-5-14(13-21)8-11-18(24)25/h1-3,6-7,9-10,14H,4-5,8,11-13H2,(H,24,25). The zero-order valence-corrected chi connectivity index (χ0v) is 14.4. The lowest BCUT2D eigenvalue weighted by Crippen LogP contribution is -2.41. The van der Waals surface area contributed by atoms with E-state index in [1.165, 1.54) is 16.8 Å². The summed E-state index contributed by atoms with van der Waals surface area (Å²) in [7, 11) is 0. The van der Waals surface area contributed by atoms with Crippen LogP contribution in [-0.4, -0.2) is 44.8 Å². The van der Waals surface area contributed by atoms with Crippen molar-refractivity contribution in [3.05, 3.63) is 58.5 Å². The quantitative estimate of drug-likeness (QED) is 0.885. The average molecular weight is 355 g/mol. The number of carboxylic acid groups (broad SMARTS) is 1. The van der Waals surface area contributed by atoms with Gasteiger partial charge in [-0.25, -0.2) is 0 Å². The van der Waals surface area contributed by atoms with Crippen LogP contribution in [0.3, 0.4) is 0 Å². The van der Waals surface area contributed by atoms with Gasteiger partial charge in [-0.2, -0.15) is 9.78 Å². The van der Waals surface area contributed by atoms with Gasteiger partial charge in [0, 0.05) is 25.6 Å². The monoisotopic (exact) mass is 355 g/mol. The van der Waals surface area contributed by atoms with Crippen LogP contribution in [0, 0.1) is 5.92 Å². The number of nitrogens with zero attached hydrogens (tertiary/aromatic N) is 3. The Hall–Kier alpha value is -2.96. The number of likely N-dealkylation sites (tertiary alicyclic amines) is 1. The van der Waals surface area contributed by atoms with Crippen molar-refractivity contribution < 1.29 is 14.7 Å². The molecule has 136 valence electrons. The van der Waals surface area contributed by atoms with E-state index in [0.29, 0.717) is 25.2 Å². The van der Waals surface area contributed by atoms with Crippen molar-refractivity contribution >= 4 is 11.9 Å². The second kappa shape index (κ2) is 7.95. The molecule has 0 aliphatic carbocycles. The molecule has 0 bridgehead atoms. The molecule has 0 radical (unpaired) electrons. The molecule has 0 spiro atoms. The molecule has 1 fully saturated rings. The zero-order valence-electron chi connectivity index (χ0n) is 14.4. The normalized spacial score (nSPS) is 17.1. The highest BCUT2D eigenvalue weighted by molar-refractivity contribution is 5.92. The van der Waals surface area contributed by atoms with Crippen molar-refractivity contribution in [1.29, 1.82) is 0 Å². The Morgan fingerprint density at radius 2 is 1.92 bits per heavy atom. The number of rotatable bonds is 5. The summed E-state index contributed by atoms with van der Waals surface area (Å²) < 4.78 is 1.22. The lowest BCUT2D eigenvalue weighted by molar-refractivity contribution is -0.137. The van der Waals surface area contributed by atoms with Crippen LogP contribution in [-0.2, 0) is 4.79 Å². The van der Waals surface area contributed by atoms with Crippen molar-refractivity contribution in [3.8, 4) is 5.69 Å². The maximum atomic E-state index is 12.8. The van der Waals surface area contributed by atoms with Gasteiger partial charge in [0.1, 0.15) is 5.69 Å². The molecule has 7 nitrogen and oxygen atoms in total. The van der Waals surface area contributed by atoms with Crippen LogP contribution in [0.2, 0.25) is 0 Å². The van der Waals surface area contributed by atoms with Crippen LogP contribution >= 0.6 is 0 Å². The molecule has 3 rings (SSSR count). The second-order valence-electron chi connectivity index (χ2n) is 6.50. The fraction of sp³-hybridized carbons (Fsp3) is 0.368. The van der Waals surface area contributed by atoms with Crippen LogP contribution in [0.25, 0.3) is 5.69 Å².